The molecule has 21 heavy (non-hydrogen) atoms. The Bertz CT molecular complexity index is 668. The summed E-state index contributed by atoms with van der Waals surface area (Å²) >= 11 is 0. The maximum absolute atomic E-state index is 13.2. The van der Waals surface area contributed by atoms with E-state index in [4.69, 9.17) is 4.52 Å². The van der Waals surface area contributed by atoms with Crippen molar-refractivity contribution in [2.45, 2.75) is 25.8 Å². The minimum absolute atomic E-state index is 0.0511. The molecule has 1 aromatic heterocycles. The van der Waals surface area contributed by atoms with Crippen molar-refractivity contribution in [1.82, 2.24) is 10.1 Å². The molecule has 1 saturated carbocycles. The molecule has 1 aliphatic rings. The first kappa shape index (κ1) is 13.8. The molecule has 3 rings (SSSR count). The molecule has 1 heterocycles. The number of aryl methyl sites for hydroxylation is 1. The van der Waals surface area contributed by atoms with E-state index in [0.29, 0.717) is 6.54 Å². The Morgan fingerprint density at radius 1 is 1.48 bits per heavy atom. The Morgan fingerprint density at radius 3 is 2.95 bits per heavy atom. The SMILES string of the molecule is Cc1cc(CN(C)C(=O)C2CC2c2cccc(F)c2)no1. The number of hydrogen-bond acceptors (Lipinski definition) is 3. The van der Waals surface area contributed by atoms with Crippen molar-refractivity contribution in [2.75, 3.05) is 7.05 Å². The molecule has 0 bridgehead atoms. The van der Waals surface area contributed by atoms with Crippen LogP contribution in [0.5, 0.6) is 0 Å². The second-order valence-corrected chi connectivity index (χ2v) is 5.63. The number of carbonyl (C=O) groups excluding carboxylic acids is 1. The molecule has 1 aromatic carbocycles. The molecule has 4 nitrogen and oxygen atoms in total. The third-order valence-corrected chi connectivity index (χ3v) is 3.84. The van der Waals surface area contributed by atoms with Gasteiger partial charge < -0.3 is 9.42 Å². The van der Waals surface area contributed by atoms with Crippen LogP contribution in [0.2, 0.25) is 0 Å². The van der Waals surface area contributed by atoms with E-state index in [9.17, 15) is 9.18 Å². The molecular weight excluding hydrogens is 271 g/mol. The number of carbonyl (C=O) groups is 1. The first-order chi connectivity index (χ1) is 10.0. The van der Waals surface area contributed by atoms with Gasteiger partial charge in [0.1, 0.15) is 17.3 Å². The lowest BCUT2D eigenvalue weighted by Crippen LogP contribution is -2.28. The van der Waals surface area contributed by atoms with Crippen molar-refractivity contribution < 1.29 is 13.7 Å². The Balaban J connectivity index is 1.62. The van der Waals surface area contributed by atoms with E-state index < -0.39 is 0 Å². The summed E-state index contributed by atoms with van der Waals surface area (Å²) in [6.07, 6.45) is 0.782. The summed E-state index contributed by atoms with van der Waals surface area (Å²) in [6, 6.07) is 8.32. The zero-order valence-corrected chi connectivity index (χ0v) is 12.0. The molecule has 5 heteroatoms. The number of nitrogens with zero attached hydrogens (tertiary/aromatic N) is 2. The molecule has 0 N–H and O–H groups in total. The minimum Gasteiger partial charge on any atom is -0.361 e. The molecule has 1 amide bonds. The fourth-order valence-corrected chi connectivity index (χ4v) is 2.67. The van der Waals surface area contributed by atoms with Crippen LogP contribution in [0.25, 0.3) is 0 Å². The molecule has 0 aliphatic heterocycles. The van der Waals surface area contributed by atoms with Gasteiger partial charge in [0, 0.05) is 19.0 Å². The van der Waals surface area contributed by atoms with Crippen molar-refractivity contribution in [3.05, 3.63) is 53.2 Å². The lowest BCUT2D eigenvalue weighted by Gasteiger charge is -2.15. The molecule has 1 aliphatic carbocycles. The third-order valence-electron chi connectivity index (χ3n) is 3.84. The zero-order valence-electron chi connectivity index (χ0n) is 12.0. The van der Waals surface area contributed by atoms with Crippen molar-refractivity contribution in [2.24, 2.45) is 5.92 Å². The van der Waals surface area contributed by atoms with Gasteiger partial charge in [-0.25, -0.2) is 4.39 Å². The van der Waals surface area contributed by atoms with Crippen LogP contribution in [0.3, 0.4) is 0 Å². The molecule has 1 fully saturated rings. The highest BCUT2D eigenvalue weighted by molar-refractivity contribution is 5.82. The monoisotopic (exact) mass is 288 g/mol. The summed E-state index contributed by atoms with van der Waals surface area (Å²) in [5.74, 6) is 0.636. The van der Waals surface area contributed by atoms with Gasteiger partial charge in [-0.15, -0.1) is 0 Å². The van der Waals surface area contributed by atoms with E-state index in [1.54, 1.807) is 18.0 Å². The number of benzene rings is 1. The standard InChI is InChI=1S/C16H17FN2O2/c1-10-6-13(18-21-10)9-19(2)16(20)15-8-14(15)11-4-3-5-12(17)7-11/h3-7,14-15H,8-9H2,1-2H3. The van der Waals surface area contributed by atoms with Crippen LogP contribution >= 0.6 is 0 Å². The van der Waals surface area contributed by atoms with Gasteiger partial charge >= 0.3 is 0 Å². The molecular formula is C16H17FN2O2. The Hall–Kier alpha value is -2.17. The van der Waals surface area contributed by atoms with Gasteiger partial charge in [0.15, 0.2) is 0 Å². The van der Waals surface area contributed by atoms with Gasteiger partial charge in [-0.1, -0.05) is 17.3 Å². The summed E-state index contributed by atoms with van der Waals surface area (Å²) in [5.41, 5.74) is 1.64. The van der Waals surface area contributed by atoms with E-state index in [0.717, 1.165) is 23.4 Å². The van der Waals surface area contributed by atoms with Crippen LogP contribution in [-0.2, 0) is 11.3 Å². The predicted molar refractivity (Wildman–Crippen MR) is 75.0 cm³/mol. The second kappa shape index (κ2) is 5.31. The summed E-state index contributed by atoms with van der Waals surface area (Å²) < 4.78 is 18.2. The van der Waals surface area contributed by atoms with Crippen LogP contribution in [0.15, 0.2) is 34.9 Å². The highest BCUT2D eigenvalue weighted by Crippen LogP contribution is 2.48. The van der Waals surface area contributed by atoms with E-state index in [-0.39, 0.29) is 23.6 Å². The van der Waals surface area contributed by atoms with E-state index >= 15 is 0 Å². The van der Waals surface area contributed by atoms with Crippen LogP contribution in [0.4, 0.5) is 4.39 Å². The fourth-order valence-electron chi connectivity index (χ4n) is 2.67. The summed E-state index contributed by atoms with van der Waals surface area (Å²) in [5, 5.41) is 3.89. The predicted octanol–water partition coefficient (Wildman–Crippen LogP) is 2.88. The molecule has 0 radical (unpaired) electrons. The van der Waals surface area contributed by atoms with Crippen LogP contribution in [0, 0.1) is 18.7 Å². The average molecular weight is 288 g/mol. The second-order valence-electron chi connectivity index (χ2n) is 5.63. The largest absolute Gasteiger partial charge is 0.361 e. The zero-order chi connectivity index (χ0) is 15.0. The topological polar surface area (TPSA) is 46.3 Å². The number of rotatable bonds is 4. The number of halogens is 1. The quantitative estimate of drug-likeness (QED) is 0.869. The van der Waals surface area contributed by atoms with Crippen LogP contribution < -0.4 is 0 Å². The molecule has 0 spiro atoms. The van der Waals surface area contributed by atoms with Crippen molar-refractivity contribution in [1.29, 1.82) is 0 Å². The number of aromatic nitrogens is 1. The summed E-state index contributed by atoms with van der Waals surface area (Å²) in [7, 11) is 1.76. The van der Waals surface area contributed by atoms with E-state index in [1.165, 1.54) is 12.1 Å². The van der Waals surface area contributed by atoms with Crippen molar-refractivity contribution in [3.8, 4) is 0 Å². The van der Waals surface area contributed by atoms with Gasteiger partial charge in [0.2, 0.25) is 5.91 Å². The first-order valence-electron chi connectivity index (χ1n) is 6.97. The van der Waals surface area contributed by atoms with Gasteiger partial charge in [0.25, 0.3) is 0 Å². The molecule has 2 unspecified atom stereocenters. The van der Waals surface area contributed by atoms with Crippen molar-refractivity contribution in [3.63, 3.8) is 0 Å². The van der Waals surface area contributed by atoms with Gasteiger partial charge in [-0.05, 0) is 37.0 Å². The summed E-state index contributed by atoms with van der Waals surface area (Å²) in [6.45, 7) is 2.25. The average Bonchev–Trinajstić information content (AvgIpc) is 3.15. The highest BCUT2D eigenvalue weighted by Gasteiger charge is 2.45. The van der Waals surface area contributed by atoms with Crippen LogP contribution in [-0.4, -0.2) is 23.0 Å². The maximum Gasteiger partial charge on any atom is 0.226 e. The van der Waals surface area contributed by atoms with E-state index in [2.05, 4.69) is 5.16 Å². The lowest BCUT2D eigenvalue weighted by molar-refractivity contribution is -0.131. The highest BCUT2D eigenvalue weighted by atomic mass is 19.1. The van der Waals surface area contributed by atoms with Gasteiger partial charge in [-0.2, -0.15) is 0 Å². The molecule has 0 saturated heterocycles. The Morgan fingerprint density at radius 2 is 2.29 bits per heavy atom. The van der Waals surface area contributed by atoms with E-state index in [1.807, 2.05) is 19.1 Å². The molecule has 110 valence electrons. The molecule has 2 aromatic rings. The Labute approximate surface area is 122 Å². The number of amides is 1. The van der Waals surface area contributed by atoms with Crippen LogP contribution in [0.1, 0.15) is 29.4 Å². The third kappa shape index (κ3) is 2.96. The van der Waals surface area contributed by atoms with Gasteiger partial charge in [-0.3, -0.25) is 4.79 Å². The number of hydrogen-bond donors (Lipinski definition) is 0. The normalized spacial score (nSPS) is 20.3. The smallest absolute Gasteiger partial charge is 0.226 e. The fraction of sp³-hybridized carbons (Fsp3) is 0.375. The summed E-state index contributed by atoms with van der Waals surface area (Å²) in [4.78, 5) is 14.0. The minimum atomic E-state index is -0.253. The van der Waals surface area contributed by atoms with Gasteiger partial charge in [0.05, 0.1) is 6.54 Å². The van der Waals surface area contributed by atoms with Crippen molar-refractivity contribution >= 4 is 5.91 Å². The molecule has 2 atom stereocenters. The lowest BCUT2D eigenvalue weighted by atomic mass is 10.1. The first-order valence-corrected chi connectivity index (χ1v) is 6.97. The Kier molecular flexibility index (Phi) is 3.49. The maximum atomic E-state index is 13.2.